The highest BCUT2D eigenvalue weighted by Crippen LogP contribution is 2.21. The molecule has 0 fully saturated rings. The van der Waals surface area contributed by atoms with E-state index >= 15 is 0 Å². The molecule has 4 aromatic rings. The summed E-state index contributed by atoms with van der Waals surface area (Å²) in [6.45, 7) is 2.43. The number of carbonyl (C=O) groups excluding carboxylic acids is 1. The predicted molar refractivity (Wildman–Crippen MR) is 114 cm³/mol. The Kier molecular flexibility index (Phi) is 5.48. The van der Waals surface area contributed by atoms with Gasteiger partial charge in [-0.1, -0.05) is 30.3 Å². The van der Waals surface area contributed by atoms with Gasteiger partial charge in [0.05, 0.1) is 31.4 Å². The maximum absolute atomic E-state index is 13.2. The van der Waals surface area contributed by atoms with E-state index in [1.54, 1.807) is 31.5 Å². The third-order valence-electron chi connectivity index (χ3n) is 5.09. The Bertz CT molecular complexity index is 1180. The number of methoxy groups -OCH3 is 1. The molecule has 0 spiro atoms. The van der Waals surface area contributed by atoms with E-state index in [1.165, 1.54) is 12.1 Å². The molecule has 30 heavy (non-hydrogen) atoms. The van der Waals surface area contributed by atoms with E-state index in [1.807, 2.05) is 48.0 Å². The molecule has 1 aromatic heterocycles. The zero-order valence-electron chi connectivity index (χ0n) is 16.8. The van der Waals surface area contributed by atoms with Crippen LogP contribution in [0.5, 0.6) is 5.75 Å². The molecule has 5 nitrogen and oxygen atoms in total. The van der Waals surface area contributed by atoms with Crippen LogP contribution in [0.25, 0.3) is 10.9 Å². The van der Waals surface area contributed by atoms with Gasteiger partial charge in [0.1, 0.15) is 11.6 Å². The van der Waals surface area contributed by atoms with Crippen molar-refractivity contribution in [3.63, 3.8) is 0 Å². The van der Waals surface area contributed by atoms with E-state index < -0.39 is 0 Å². The van der Waals surface area contributed by atoms with Crippen molar-refractivity contribution >= 4 is 16.8 Å². The Morgan fingerprint density at radius 2 is 1.93 bits per heavy atom. The third kappa shape index (κ3) is 4.17. The van der Waals surface area contributed by atoms with Crippen LogP contribution in [0.2, 0.25) is 0 Å². The van der Waals surface area contributed by atoms with Gasteiger partial charge in [-0.05, 0) is 54.4 Å². The van der Waals surface area contributed by atoms with Gasteiger partial charge in [0.15, 0.2) is 0 Å². The molecule has 1 N–H and O–H groups in total. The SMILES string of the molecule is COc1cccc([C@@H](C)NC(=O)c2ccc3cnn(Cc4ccc(F)cc4)c3c2)c1. The molecule has 4 rings (SSSR count). The average Bonchev–Trinajstić information content (AvgIpc) is 3.17. The number of nitrogens with zero attached hydrogens (tertiary/aromatic N) is 2. The molecule has 1 amide bonds. The van der Waals surface area contributed by atoms with Crippen LogP contribution in [-0.2, 0) is 6.54 Å². The molecular formula is C24H22FN3O2. The van der Waals surface area contributed by atoms with Crippen molar-refractivity contribution < 1.29 is 13.9 Å². The van der Waals surface area contributed by atoms with Crippen molar-refractivity contribution in [1.82, 2.24) is 15.1 Å². The summed E-state index contributed by atoms with van der Waals surface area (Å²) in [5.74, 6) is 0.314. The van der Waals surface area contributed by atoms with Crippen LogP contribution in [0, 0.1) is 5.82 Å². The molecule has 0 bridgehead atoms. The highest BCUT2D eigenvalue weighted by molar-refractivity contribution is 5.98. The Labute approximate surface area is 174 Å². The molecule has 152 valence electrons. The van der Waals surface area contributed by atoms with Crippen LogP contribution >= 0.6 is 0 Å². The minimum absolute atomic E-state index is 0.165. The van der Waals surface area contributed by atoms with Crippen molar-refractivity contribution in [2.24, 2.45) is 0 Å². The topological polar surface area (TPSA) is 56.1 Å². The minimum Gasteiger partial charge on any atom is -0.497 e. The second-order valence-electron chi connectivity index (χ2n) is 7.17. The first-order chi connectivity index (χ1) is 14.5. The van der Waals surface area contributed by atoms with Gasteiger partial charge < -0.3 is 10.1 Å². The van der Waals surface area contributed by atoms with E-state index in [0.717, 1.165) is 27.8 Å². The van der Waals surface area contributed by atoms with Crippen LogP contribution in [0.15, 0.2) is 72.9 Å². The summed E-state index contributed by atoms with van der Waals surface area (Å²) >= 11 is 0. The summed E-state index contributed by atoms with van der Waals surface area (Å²) in [6.07, 6.45) is 1.76. The Balaban J connectivity index is 1.54. The van der Waals surface area contributed by atoms with Gasteiger partial charge in [0.2, 0.25) is 0 Å². The number of aromatic nitrogens is 2. The molecule has 1 atom stereocenters. The quantitative estimate of drug-likeness (QED) is 0.507. The average molecular weight is 403 g/mol. The van der Waals surface area contributed by atoms with Crippen molar-refractivity contribution in [1.29, 1.82) is 0 Å². The summed E-state index contributed by atoms with van der Waals surface area (Å²) in [7, 11) is 1.62. The normalized spacial score (nSPS) is 12.0. The van der Waals surface area contributed by atoms with Crippen LogP contribution in [0.1, 0.15) is 34.5 Å². The highest BCUT2D eigenvalue weighted by atomic mass is 19.1. The van der Waals surface area contributed by atoms with Crippen LogP contribution in [0.3, 0.4) is 0 Å². The highest BCUT2D eigenvalue weighted by Gasteiger charge is 2.14. The number of halogens is 1. The second-order valence-corrected chi connectivity index (χ2v) is 7.17. The van der Waals surface area contributed by atoms with E-state index in [2.05, 4.69) is 10.4 Å². The number of hydrogen-bond acceptors (Lipinski definition) is 3. The lowest BCUT2D eigenvalue weighted by atomic mass is 10.1. The Morgan fingerprint density at radius 1 is 1.13 bits per heavy atom. The van der Waals surface area contributed by atoms with E-state index in [-0.39, 0.29) is 17.8 Å². The van der Waals surface area contributed by atoms with Crippen molar-refractivity contribution in [2.75, 3.05) is 7.11 Å². The maximum atomic E-state index is 13.2. The summed E-state index contributed by atoms with van der Waals surface area (Å²) in [5.41, 5.74) is 3.30. The standard InChI is InChI=1S/C24H22FN3O2/c1-16(18-4-3-5-22(12-18)30-2)27-24(29)19-8-9-20-14-26-28(23(20)13-19)15-17-6-10-21(25)11-7-17/h3-14,16H,15H2,1-2H3,(H,27,29)/t16-/m1/s1. The van der Waals surface area contributed by atoms with Crippen LogP contribution in [-0.4, -0.2) is 22.8 Å². The van der Waals surface area contributed by atoms with Gasteiger partial charge in [-0.15, -0.1) is 0 Å². The molecule has 1 heterocycles. The molecule has 0 saturated heterocycles. The number of benzene rings is 3. The largest absolute Gasteiger partial charge is 0.497 e. The lowest BCUT2D eigenvalue weighted by molar-refractivity contribution is 0.0940. The minimum atomic E-state index is -0.270. The van der Waals surface area contributed by atoms with E-state index in [0.29, 0.717) is 12.1 Å². The number of rotatable bonds is 6. The zero-order valence-corrected chi connectivity index (χ0v) is 16.8. The lowest BCUT2D eigenvalue weighted by Crippen LogP contribution is -2.26. The predicted octanol–water partition coefficient (Wildman–Crippen LogP) is 4.72. The zero-order chi connectivity index (χ0) is 21.1. The fraction of sp³-hybridized carbons (Fsp3) is 0.167. The van der Waals surface area contributed by atoms with E-state index in [9.17, 15) is 9.18 Å². The van der Waals surface area contributed by atoms with Gasteiger partial charge in [0.25, 0.3) is 5.91 Å². The number of nitrogens with one attached hydrogen (secondary N) is 1. The lowest BCUT2D eigenvalue weighted by Gasteiger charge is -2.15. The first-order valence-corrected chi connectivity index (χ1v) is 9.68. The number of ether oxygens (including phenoxy) is 1. The summed E-state index contributed by atoms with van der Waals surface area (Å²) in [4.78, 5) is 12.8. The van der Waals surface area contributed by atoms with Gasteiger partial charge in [0, 0.05) is 10.9 Å². The number of fused-ring (bicyclic) bond motifs is 1. The van der Waals surface area contributed by atoms with Crippen molar-refractivity contribution in [3.8, 4) is 5.75 Å². The molecule has 0 unspecified atom stereocenters. The van der Waals surface area contributed by atoms with E-state index in [4.69, 9.17) is 4.74 Å². The van der Waals surface area contributed by atoms with Gasteiger partial charge >= 0.3 is 0 Å². The molecule has 0 aliphatic carbocycles. The smallest absolute Gasteiger partial charge is 0.251 e. The summed E-state index contributed by atoms with van der Waals surface area (Å²) in [6, 6.07) is 19.3. The summed E-state index contributed by atoms with van der Waals surface area (Å²) in [5, 5.41) is 8.39. The Hall–Kier alpha value is -3.67. The molecule has 0 radical (unpaired) electrons. The Morgan fingerprint density at radius 3 is 2.70 bits per heavy atom. The first-order valence-electron chi connectivity index (χ1n) is 9.68. The molecule has 3 aromatic carbocycles. The monoisotopic (exact) mass is 403 g/mol. The molecular weight excluding hydrogens is 381 g/mol. The van der Waals surface area contributed by atoms with Crippen LogP contribution in [0.4, 0.5) is 4.39 Å². The molecule has 0 saturated carbocycles. The molecule has 6 heteroatoms. The summed E-state index contributed by atoms with van der Waals surface area (Å²) < 4.78 is 20.2. The fourth-order valence-electron chi connectivity index (χ4n) is 3.37. The number of amides is 1. The van der Waals surface area contributed by atoms with Crippen molar-refractivity contribution in [2.45, 2.75) is 19.5 Å². The third-order valence-corrected chi connectivity index (χ3v) is 5.09. The maximum Gasteiger partial charge on any atom is 0.251 e. The molecule has 0 aliphatic heterocycles. The number of carbonyl (C=O) groups is 1. The first kappa shape index (κ1) is 19.6. The van der Waals surface area contributed by atoms with Crippen molar-refractivity contribution in [3.05, 3.63) is 95.4 Å². The number of hydrogen-bond donors (Lipinski definition) is 1. The van der Waals surface area contributed by atoms with Gasteiger partial charge in [-0.3, -0.25) is 9.48 Å². The van der Waals surface area contributed by atoms with Gasteiger partial charge in [-0.2, -0.15) is 5.10 Å². The molecule has 0 aliphatic rings. The van der Waals surface area contributed by atoms with Gasteiger partial charge in [-0.25, -0.2) is 4.39 Å². The second kappa shape index (κ2) is 8.37. The fourth-order valence-corrected chi connectivity index (χ4v) is 3.37. The van der Waals surface area contributed by atoms with Crippen LogP contribution < -0.4 is 10.1 Å².